The highest BCUT2D eigenvalue weighted by Crippen LogP contribution is 2.00. The van der Waals surface area contributed by atoms with Gasteiger partial charge in [-0.2, -0.15) is 0 Å². The molecule has 15 heavy (non-hydrogen) atoms. The molecule has 0 atom stereocenters. The van der Waals surface area contributed by atoms with Crippen LogP contribution in [0.5, 0.6) is 0 Å². The van der Waals surface area contributed by atoms with Crippen molar-refractivity contribution in [3.8, 4) is 0 Å². The zero-order valence-corrected chi connectivity index (χ0v) is 9.92. The van der Waals surface area contributed by atoms with Gasteiger partial charge in [-0.05, 0) is 32.6 Å². The molecule has 0 aliphatic rings. The monoisotopic (exact) mass is 210 g/mol. The molecule has 0 saturated carbocycles. The molecule has 0 heterocycles. The standard InChI is InChI=1S/C13H22O2/c1-4-5-6-7-8-9-10-11-15-13(14)12(2)3/h6-7H,2,4-5,8-11H2,1,3H3/b7-6+. The number of allylic oxidation sites excluding steroid dienone is 2. The molecule has 2 nitrogen and oxygen atoms in total. The summed E-state index contributed by atoms with van der Waals surface area (Å²) in [5.41, 5.74) is 0.470. The Kier molecular flexibility index (Phi) is 8.84. The normalized spacial score (nSPS) is 10.5. The molecular formula is C13H22O2. The molecule has 0 unspecified atom stereocenters. The second kappa shape index (κ2) is 9.50. The van der Waals surface area contributed by atoms with Crippen molar-refractivity contribution in [2.45, 2.75) is 46.0 Å². The van der Waals surface area contributed by atoms with E-state index in [0.29, 0.717) is 12.2 Å². The van der Waals surface area contributed by atoms with E-state index in [-0.39, 0.29) is 5.97 Å². The summed E-state index contributed by atoms with van der Waals surface area (Å²) in [6.07, 6.45) is 9.84. The Morgan fingerprint density at radius 3 is 2.53 bits per heavy atom. The fourth-order valence-electron chi connectivity index (χ4n) is 1.05. The predicted molar refractivity (Wildman–Crippen MR) is 63.7 cm³/mol. The average molecular weight is 210 g/mol. The maximum Gasteiger partial charge on any atom is 0.333 e. The van der Waals surface area contributed by atoms with Crippen LogP contribution in [0.15, 0.2) is 24.3 Å². The Morgan fingerprint density at radius 1 is 1.27 bits per heavy atom. The van der Waals surface area contributed by atoms with Gasteiger partial charge in [0.15, 0.2) is 0 Å². The number of hydrogen-bond acceptors (Lipinski definition) is 2. The van der Waals surface area contributed by atoms with E-state index in [1.807, 2.05) is 0 Å². The van der Waals surface area contributed by atoms with Crippen molar-refractivity contribution < 1.29 is 9.53 Å². The van der Waals surface area contributed by atoms with Gasteiger partial charge >= 0.3 is 5.97 Å². The third kappa shape index (κ3) is 9.26. The maximum absolute atomic E-state index is 11.0. The van der Waals surface area contributed by atoms with Crippen molar-refractivity contribution in [2.75, 3.05) is 6.61 Å². The summed E-state index contributed by atoms with van der Waals surface area (Å²) < 4.78 is 4.97. The fraction of sp³-hybridized carbons (Fsp3) is 0.615. The van der Waals surface area contributed by atoms with Crippen LogP contribution in [0.4, 0.5) is 0 Å². The van der Waals surface area contributed by atoms with Crippen LogP contribution in [0, 0.1) is 0 Å². The lowest BCUT2D eigenvalue weighted by atomic mass is 10.2. The first kappa shape index (κ1) is 13.9. The Balaban J connectivity index is 3.25. The van der Waals surface area contributed by atoms with E-state index in [2.05, 4.69) is 25.7 Å². The third-order valence-electron chi connectivity index (χ3n) is 1.97. The van der Waals surface area contributed by atoms with Gasteiger partial charge in [-0.25, -0.2) is 4.79 Å². The quantitative estimate of drug-likeness (QED) is 0.265. The van der Waals surface area contributed by atoms with E-state index in [1.54, 1.807) is 6.92 Å². The highest BCUT2D eigenvalue weighted by molar-refractivity contribution is 5.86. The molecular weight excluding hydrogens is 188 g/mol. The predicted octanol–water partition coefficient (Wildman–Crippen LogP) is 3.63. The first-order valence-corrected chi connectivity index (χ1v) is 5.66. The number of carbonyl (C=O) groups is 1. The number of hydrogen-bond donors (Lipinski definition) is 0. The lowest BCUT2D eigenvalue weighted by Gasteiger charge is -2.02. The molecule has 0 amide bonds. The summed E-state index contributed by atoms with van der Waals surface area (Å²) >= 11 is 0. The van der Waals surface area contributed by atoms with E-state index in [4.69, 9.17) is 4.74 Å². The van der Waals surface area contributed by atoms with Gasteiger partial charge in [0.2, 0.25) is 0 Å². The minimum Gasteiger partial charge on any atom is -0.462 e. The zero-order valence-electron chi connectivity index (χ0n) is 9.92. The lowest BCUT2D eigenvalue weighted by molar-refractivity contribution is -0.139. The highest BCUT2D eigenvalue weighted by Gasteiger charge is 2.00. The van der Waals surface area contributed by atoms with Gasteiger partial charge in [-0.3, -0.25) is 0 Å². The molecule has 0 aromatic carbocycles. The molecule has 0 rings (SSSR count). The zero-order chi connectivity index (χ0) is 11.5. The van der Waals surface area contributed by atoms with E-state index in [9.17, 15) is 4.79 Å². The van der Waals surface area contributed by atoms with Gasteiger partial charge in [0, 0.05) is 5.57 Å². The van der Waals surface area contributed by atoms with E-state index >= 15 is 0 Å². The number of unbranched alkanes of at least 4 members (excludes halogenated alkanes) is 3. The van der Waals surface area contributed by atoms with Crippen LogP contribution in [-0.4, -0.2) is 12.6 Å². The molecule has 86 valence electrons. The molecule has 0 aromatic rings. The van der Waals surface area contributed by atoms with Crippen LogP contribution >= 0.6 is 0 Å². The smallest absolute Gasteiger partial charge is 0.333 e. The van der Waals surface area contributed by atoms with Crippen LogP contribution in [0.2, 0.25) is 0 Å². The molecule has 0 aliphatic carbocycles. The SMILES string of the molecule is C=C(C)C(=O)OCCCC/C=C/CCC. The van der Waals surface area contributed by atoms with Gasteiger partial charge < -0.3 is 4.74 Å². The van der Waals surface area contributed by atoms with E-state index in [1.165, 1.54) is 6.42 Å². The maximum atomic E-state index is 11.0. The highest BCUT2D eigenvalue weighted by atomic mass is 16.5. The fourth-order valence-corrected chi connectivity index (χ4v) is 1.05. The van der Waals surface area contributed by atoms with Crippen molar-refractivity contribution in [1.82, 2.24) is 0 Å². The molecule has 0 aromatic heterocycles. The summed E-state index contributed by atoms with van der Waals surface area (Å²) in [7, 11) is 0. The Bertz CT molecular complexity index is 217. The van der Waals surface area contributed by atoms with Gasteiger partial charge in [-0.1, -0.05) is 32.1 Å². The average Bonchev–Trinajstić information content (AvgIpc) is 2.21. The van der Waals surface area contributed by atoms with Crippen molar-refractivity contribution in [2.24, 2.45) is 0 Å². The van der Waals surface area contributed by atoms with Gasteiger partial charge in [0.25, 0.3) is 0 Å². The number of rotatable bonds is 8. The summed E-state index contributed by atoms with van der Waals surface area (Å²) in [5.74, 6) is -0.281. The molecule has 0 fully saturated rings. The van der Waals surface area contributed by atoms with Crippen LogP contribution < -0.4 is 0 Å². The van der Waals surface area contributed by atoms with E-state index < -0.39 is 0 Å². The summed E-state index contributed by atoms with van der Waals surface area (Å²) in [5, 5.41) is 0. The molecule has 0 radical (unpaired) electrons. The lowest BCUT2D eigenvalue weighted by Crippen LogP contribution is -2.05. The Labute approximate surface area is 93.0 Å². The minimum atomic E-state index is -0.281. The first-order chi connectivity index (χ1) is 7.18. The number of carbonyl (C=O) groups excluding carboxylic acids is 1. The number of ether oxygens (including phenoxy) is 1. The number of esters is 1. The van der Waals surface area contributed by atoms with Crippen molar-refractivity contribution in [3.05, 3.63) is 24.3 Å². The van der Waals surface area contributed by atoms with Crippen LogP contribution in [0.1, 0.15) is 46.0 Å². The van der Waals surface area contributed by atoms with Gasteiger partial charge in [-0.15, -0.1) is 0 Å². The summed E-state index contributed by atoms with van der Waals surface area (Å²) in [6.45, 7) is 7.86. The van der Waals surface area contributed by atoms with Gasteiger partial charge in [0.1, 0.15) is 0 Å². The topological polar surface area (TPSA) is 26.3 Å². The second-order valence-corrected chi connectivity index (χ2v) is 3.67. The summed E-state index contributed by atoms with van der Waals surface area (Å²) in [6, 6.07) is 0. The molecule has 0 spiro atoms. The van der Waals surface area contributed by atoms with Crippen LogP contribution in [0.3, 0.4) is 0 Å². The summed E-state index contributed by atoms with van der Waals surface area (Å²) in [4.78, 5) is 11.0. The van der Waals surface area contributed by atoms with Crippen LogP contribution in [-0.2, 0) is 9.53 Å². The van der Waals surface area contributed by atoms with Crippen molar-refractivity contribution in [1.29, 1.82) is 0 Å². The van der Waals surface area contributed by atoms with E-state index in [0.717, 1.165) is 25.7 Å². The first-order valence-electron chi connectivity index (χ1n) is 5.66. The molecule has 0 bridgehead atoms. The largest absolute Gasteiger partial charge is 0.462 e. The molecule has 0 aliphatic heterocycles. The van der Waals surface area contributed by atoms with Crippen molar-refractivity contribution in [3.63, 3.8) is 0 Å². The van der Waals surface area contributed by atoms with Gasteiger partial charge in [0.05, 0.1) is 6.61 Å². The Hall–Kier alpha value is -1.05. The minimum absolute atomic E-state index is 0.281. The third-order valence-corrected chi connectivity index (χ3v) is 1.97. The molecule has 2 heteroatoms. The molecule has 0 N–H and O–H groups in total. The van der Waals surface area contributed by atoms with Crippen molar-refractivity contribution >= 4 is 5.97 Å². The van der Waals surface area contributed by atoms with Crippen LogP contribution in [0.25, 0.3) is 0 Å². The molecule has 0 saturated heterocycles. The Morgan fingerprint density at radius 2 is 1.93 bits per heavy atom. The second-order valence-electron chi connectivity index (χ2n) is 3.67.